The van der Waals surface area contributed by atoms with Crippen molar-refractivity contribution in [3.63, 3.8) is 0 Å². The Morgan fingerprint density at radius 1 is 1.24 bits per heavy atom. The number of hydrogen-bond acceptors (Lipinski definition) is 5. The normalized spacial score (nSPS) is 11.1. The molecule has 92 valence electrons. The van der Waals surface area contributed by atoms with Gasteiger partial charge in [-0.1, -0.05) is 12.1 Å². The highest BCUT2D eigenvalue weighted by Gasteiger charge is 2.13. The summed E-state index contributed by atoms with van der Waals surface area (Å²) in [5.74, 6) is -1.70. The van der Waals surface area contributed by atoms with Crippen LogP contribution in [0.4, 0.5) is 0 Å². The standard InChI is InChI=1S/C10H11NO5S/c1-7(12)8-2-4-9(5-3-8)17(15,16)11-6-10(13)14/h2-5,11H,6H2,1H3,(H,13,14)/p-1. The third-order valence-electron chi connectivity index (χ3n) is 1.98. The average molecular weight is 256 g/mol. The molecule has 0 saturated heterocycles. The molecule has 0 aromatic heterocycles. The van der Waals surface area contributed by atoms with Gasteiger partial charge in [-0.2, -0.15) is 0 Å². The molecule has 1 N–H and O–H groups in total. The molecule has 1 aromatic carbocycles. The fourth-order valence-corrected chi connectivity index (χ4v) is 2.07. The molecular weight excluding hydrogens is 246 g/mol. The molecule has 0 heterocycles. The molecule has 0 atom stereocenters. The van der Waals surface area contributed by atoms with Gasteiger partial charge in [0.15, 0.2) is 5.78 Å². The molecule has 7 heteroatoms. The van der Waals surface area contributed by atoms with Crippen molar-refractivity contribution in [2.75, 3.05) is 6.54 Å². The van der Waals surface area contributed by atoms with Crippen LogP contribution in [0.1, 0.15) is 17.3 Å². The monoisotopic (exact) mass is 256 g/mol. The van der Waals surface area contributed by atoms with Crippen LogP contribution in [0.25, 0.3) is 0 Å². The minimum absolute atomic E-state index is 0.108. The van der Waals surface area contributed by atoms with E-state index < -0.39 is 22.5 Å². The highest BCUT2D eigenvalue weighted by molar-refractivity contribution is 7.89. The van der Waals surface area contributed by atoms with E-state index in [1.54, 1.807) is 0 Å². The Balaban J connectivity index is 2.92. The molecule has 0 saturated carbocycles. The molecule has 0 aliphatic rings. The van der Waals surface area contributed by atoms with E-state index in [0.717, 1.165) is 0 Å². The second kappa shape index (κ2) is 5.07. The van der Waals surface area contributed by atoms with Gasteiger partial charge in [0.2, 0.25) is 10.0 Å². The van der Waals surface area contributed by atoms with Crippen molar-refractivity contribution >= 4 is 21.8 Å². The summed E-state index contributed by atoms with van der Waals surface area (Å²) in [6.07, 6.45) is 0. The first-order valence-electron chi connectivity index (χ1n) is 4.63. The number of nitrogens with one attached hydrogen (secondary N) is 1. The van der Waals surface area contributed by atoms with Gasteiger partial charge in [-0.05, 0) is 19.1 Å². The SMILES string of the molecule is CC(=O)c1ccc(S(=O)(=O)NCC(=O)[O-])cc1. The van der Waals surface area contributed by atoms with Crippen LogP contribution in [0.2, 0.25) is 0 Å². The zero-order chi connectivity index (χ0) is 13.1. The third-order valence-corrected chi connectivity index (χ3v) is 3.39. The van der Waals surface area contributed by atoms with Crippen LogP contribution in [0, 0.1) is 0 Å². The molecule has 0 aliphatic carbocycles. The molecule has 1 rings (SSSR count). The summed E-state index contributed by atoms with van der Waals surface area (Å²) in [5.41, 5.74) is 0.379. The second-order valence-corrected chi connectivity index (χ2v) is 5.04. The van der Waals surface area contributed by atoms with Gasteiger partial charge in [0.25, 0.3) is 0 Å². The first-order chi connectivity index (χ1) is 7.83. The number of hydrogen-bond donors (Lipinski definition) is 1. The van der Waals surface area contributed by atoms with E-state index in [0.29, 0.717) is 5.56 Å². The molecule has 0 aliphatic heterocycles. The Labute approximate surface area is 98.3 Å². The van der Waals surface area contributed by atoms with Gasteiger partial charge < -0.3 is 9.90 Å². The number of benzene rings is 1. The zero-order valence-corrected chi connectivity index (χ0v) is 9.78. The zero-order valence-electron chi connectivity index (χ0n) is 8.97. The quantitative estimate of drug-likeness (QED) is 0.675. The fraction of sp³-hybridized carbons (Fsp3) is 0.200. The summed E-state index contributed by atoms with van der Waals surface area (Å²) in [7, 11) is -3.88. The molecule has 0 amide bonds. The Bertz CT molecular complexity index is 532. The number of Topliss-reactive ketones (excluding diaryl/α,β-unsaturated/α-hetero) is 1. The average Bonchev–Trinajstić information content (AvgIpc) is 2.27. The molecule has 0 spiro atoms. The van der Waals surface area contributed by atoms with Crippen molar-refractivity contribution in [2.45, 2.75) is 11.8 Å². The number of carbonyl (C=O) groups excluding carboxylic acids is 2. The Morgan fingerprint density at radius 3 is 2.18 bits per heavy atom. The van der Waals surface area contributed by atoms with Crippen LogP contribution in [0.15, 0.2) is 29.2 Å². The van der Waals surface area contributed by atoms with Gasteiger partial charge in [-0.3, -0.25) is 4.79 Å². The lowest BCUT2D eigenvalue weighted by molar-refractivity contribution is -0.303. The van der Waals surface area contributed by atoms with Crippen LogP contribution in [-0.4, -0.2) is 26.7 Å². The summed E-state index contributed by atoms with van der Waals surface area (Å²) >= 11 is 0. The molecule has 17 heavy (non-hydrogen) atoms. The molecule has 0 fully saturated rings. The highest BCUT2D eigenvalue weighted by atomic mass is 32.2. The lowest BCUT2D eigenvalue weighted by Gasteiger charge is -2.07. The number of carbonyl (C=O) groups is 2. The highest BCUT2D eigenvalue weighted by Crippen LogP contribution is 2.10. The summed E-state index contributed by atoms with van der Waals surface area (Å²) in [6.45, 7) is 0.564. The molecule has 0 radical (unpaired) electrons. The van der Waals surface area contributed by atoms with E-state index in [-0.39, 0.29) is 10.7 Å². The molecule has 1 aromatic rings. The van der Waals surface area contributed by atoms with Gasteiger partial charge in [0.05, 0.1) is 17.4 Å². The Morgan fingerprint density at radius 2 is 1.76 bits per heavy atom. The van der Waals surface area contributed by atoms with E-state index in [1.807, 2.05) is 4.72 Å². The molecule has 0 bridgehead atoms. The number of carboxylic acid groups (broad SMARTS) is 1. The van der Waals surface area contributed by atoms with Crippen molar-refractivity contribution in [1.29, 1.82) is 0 Å². The lowest BCUT2D eigenvalue weighted by Crippen LogP contribution is -2.37. The summed E-state index contributed by atoms with van der Waals surface area (Å²) in [6, 6.07) is 5.18. The summed E-state index contributed by atoms with van der Waals surface area (Å²) in [4.78, 5) is 21.0. The van der Waals surface area contributed by atoms with Crippen molar-refractivity contribution in [1.82, 2.24) is 4.72 Å². The predicted octanol–water partition coefficient (Wildman–Crippen LogP) is -1.08. The predicted molar refractivity (Wildman–Crippen MR) is 56.6 cm³/mol. The summed E-state index contributed by atoms with van der Waals surface area (Å²) < 4.78 is 24.9. The number of rotatable bonds is 5. The molecule has 6 nitrogen and oxygen atoms in total. The van der Waals surface area contributed by atoms with Gasteiger partial charge >= 0.3 is 0 Å². The number of sulfonamides is 1. The maximum absolute atomic E-state index is 11.5. The maximum atomic E-state index is 11.5. The topological polar surface area (TPSA) is 103 Å². The van der Waals surface area contributed by atoms with E-state index >= 15 is 0 Å². The van der Waals surface area contributed by atoms with Crippen molar-refractivity contribution in [2.24, 2.45) is 0 Å². The van der Waals surface area contributed by atoms with Crippen molar-refractivity contribution in [3.8, 4) is 0 Å². The fourth-order valence-electron chi connectivity index (χ4n) is 1.11. The first kappa shape index (κ1) is 13.3. The summed E-state index contributed by atoms with van der Waals surface area (Å²) in [5, 5.41) is 10.1. The number of ketones is 1. The van der Waals surface area contributed by atoms with Crippen LogP contribution >= 0.6 is 0 Å². The van der Waals surface area contributed by atoms with Gasteiger partial charge in [0.1, 0.15) is 0 Å². The van der Waals surface area contributed by atoms with E-state index in [2.05, 4.69) is 0 Å². The first-order valence-corrected chi connectivity index (χ1v) is 6.12. The van der Waals surface area contributed by atoms with E-state index in [9.17, 15) is 23.1 Å². The van der Waals surface area contributed by atoms with Gasteiger partial charge in [0, 0.05) is 5.56 Å². The Kier molecular flexibility index (Phi) is 3.97. The van der Waals surface area contributed by atoms with Crippen molar-refractivity contribution < 1.29 is 23.1 Å². The Hall–Kier alpha value is -1.73. The van der Waals surface area contributed by atoms with Gasteiger partial charge in [-0.15, -0.1) is 0 Å². The minimum Gasteiger partial charge on any atom is -0.549 e. The minimum atomic E-state index is -3.88. The maximum Gasteiger partial charge on any atom is 0.240 e. The molecular formula is C10H10NO5S-. The smallest absolute Gasteiger partial charge is 0.240 e. The second-order valence-electron chi connectivity index (χ2n) is 3.28. The third kappa shape index (κ3) is 3.65. The number of aliphatic carboxylic acids is 1. The molecule has 0 unspecified atom stereocenters. The van der Waals surface area contributed by atoms with Crippen molar-refractivity contribution in [3.05, 3.63) is 29.8 Å². The van der Waals surface area contributed by atoms with Crippen LogP contribution in [0.5, 0.6) is 0 Å². The van der Waals surface area contributed by atoms with E-state index in [4.69, 9.17) is 0 Å². The van der Waals surface area contributed by atoms with E-state index in [1.165, 1.54) is 31.2 Å². The largest absolute Gasteiger partial charge is 0.549 e. The lowest BCUT2D eigenvalue weighted by atomic mass is 10.2. The van der Waals surface area contributed by atoms with Crippen LogP contribution in [-0.2, 0) is 14.8 Å². The number of carboxylic acids is 1. The van der Waals surface area contributed by atoms with Crippen LogP contribution < -0.4 is 9.83 Å². The van der Waals surface area contributed by atoms with Crippen LogP contribution in [0.3, 0.4) is 0 Å². The van der Waals surface area contributed by atoms with Gasteiger partial charge in [-0.25, -0.2) is 13.1 Å².